The second-order valence-electron chi connectivity index (χ2n) is 6.33. The quantitative estimate of drug-likeness (QED) is 0.569. The maximum Gasteiger partial charge on any atom is 0.228 e. The Morgan fingerprint density at radius 3 is 2.33 bits per heavy atom. The molecule has 0 radical (unpaired) electrons. The third-order valence-corrected chi connectivity index (χ3v) is 3.98. The summed E-state index contributed by atoms with van der Waals surface area (Å²) in [6.45, 7) is 4.89. The molecule has 1 amide bonds. The van der Waals surface area contributed by atoms with Gasteiger partial charge in [0.05, 0.1) is 6.42 Å². The van der Waals surface area contributed by atoms with E-state index in [2.05, 4.69) is 27.9 Å². The first kappa shape index (κ1) is 18.5. The van der Waals surface area contributed by atoms with E-state index in [9.17, 15) is 4.79 Å². The molecule has 0 aliphatic rings. The summed E-state index contributed by atoms with van der Waals surface area (Å²) >= 11 is 0. The lowest BCUT2D eigenvalue weighted by molar-refractivity contribution is -0.115. The van der Waals surface area contributed by atoms with Gasteiger partial charge in [-0.3, -0.25) is 4.79 Å². The number of pyridine rings is 1. The van der Waals surface area contributed by atoms with E-state index in [0.717, 1.165) is 40.7 Å². The van der Waals surface area contributed by atoms with Crippen molar-refractivity contribution in [2.45, 2.75) is 20.3 Å². The van der Waals surface area contributed by atoms with Gasteiger partial charge < -0.3 is 16.0 Å². The van der Waals surface area contributed by atoms with Crippen molar-refractivity contribution in [3.05, 3.63) is 78.0 Å². The molecule has 0 bridgehead atoms. The molecule has 0 atom stereocenters. The number of rotatable bonds is 7. The molecule has 0 saturated heterocycles. The van der Waals surface area contributed by atoms with Crippen molar-refractivity contribution in [1.82, 2.24) is 4.98 Å². The van der Waals surface area contributed by atoms with Gasteiger partial charge in [-0.2, -0.15) is 0 Å². The minimum absolute atomic E-state index is 0.0301. The lowest BCUT2D eigenvalue weighted by Gasteiger charge is -2.11. The van der Waals surface area contributed by atoms with E-state index in [1.165, 1.54) is 0 Å². The van der Waals surface area contributed by atoms with E-state index in [0.29, 0.717) is 6.42 Å². The zero-order valence-corrected chi connectivity index (χ0v) is 15.6. The summed E-state index contributed by atoms with van der Waals surface area (Å²) in [5, 5.41) is 9.52. The van der Waals surface area contributed by atoms with Gasteiger partial charge in [0.15, 0.2) is 0 Å². The van der Waals surface area contributed by atoms with Crippen LogP contribution in [0.2, 0.25) is 0 Å². The summed E-state index contributed by atoms with van der Waals surface area (Å²) in [6, 6.07) is 21.3. The molecule has 0 saturated carbocycles. The van der Waals surface area contributed by atoms with E-state index >= 15 is 0 Å². The zero-order valence-electron chi connectivity index (χ0n) is 15.6. The predicted octanol–water partition coefficient (Wildman–Crippen LogP) is 4.75. The summed E-state index contributed by atoms with van der Waals surface area (Å²) in [5.74, 6) is 0.754. The number of carbonyl (C=O) groups excluding carboxylic acids is 1. The first-order valence-electron chi connectivity index (χ1n) is 9.06. The molecule has 0 aliphatic heterocycles. The minimum atomic E-state index is -0.0301. The van der Waals surface area contributed by atoms with E-state index in [-0.39, 0.29) is 5.91 Å². The van der Waals surface area contributed by atoms with Crippen LogP contribution in [0.1, 0.15) is 18.2 Å². The highest BCUT2D eigenvalue weighted by Crippen LogP contribution is 2.21. The molecule has 0 aliphatic carbocycles. The van der Waals surface area contributed by atoms with Gasteiger partial charge in [-0.15, -0.1) is 0 Å². The lowest BCUT2D eigenvalue weighted by atomic mass is 10.1. The molecule has 2 aromatic carbocycles. The second-order valence-corrected chi connectivity index (χ2v) is 6.33. The maximum atomic E-state index is 12.2. The van der Waals surface area contributed by atoms with Crippen molar-refractivity contribution in [3.63, 3.8) is 0 Å². The van der Waals surface area contributed by atoms with Gasteiger partial charge in [-0.05, 0) is 49.7 Å². The number of benzene rings is 2. The molecule has 3 aromatic rings. The zero-order chi connectivity index (χ0) is 19.1. The van der Waals surface area contributed by atoms with Crippen LogP contribution in [0.15, 0.2) is 66.7 Å². The van der Waals surface area contributed by atoms with Crippen LogP contribution in [0.5, 0.6) is 0 Å². The van der Waals surface area contributed by atoms with E-state index in [4.69, 9.17) is 0 Å². The van der Waals surface area contributed by atoms with Crippen molar-refractivity contribution < 1.29 is 4.79 Å². The highest BCUT2D eigenvalue weighted by atomic mass is 16.1. The smallest absolute Gasteiger partial charge is 0.228 e. The average Bonchev–Trinajstić information content (AvgIpc) is 2.64. The number of hydrogen-bond acceptors (Lipinski definition) is 4. The first-order chi connectivity index (χ1) is 13.1. The Balaban J connectivity index is 1.61. The summed E-state index contributed by atoms with van der Waals surface area (Å²) in [6.07, 6.45) is 0.362. The molecule has 1 aromatic heterocycles. The predicted molar refractivity (Wildman–Crippen MR) is 112 cm³/mol. The number of aromatic nitrogens is 1. The highest BCUT2D eigenvalue weighted by Gasteiger charge is 2.05. The molecule has 27 heavy (non-hydrogen) atoms. The van der Waals surface area contributed by atoms with Gasteiger partial charge >= 0.3 is 0 Å². The van der Waals surface area contributed by atoms with E-state index < -0.39 is 0 Å². The molecule has 0 fully saturated rings. The lowest BCUT2D eigenvalue weighted by Crippen LogP contribution is -2.14. The third-order valence-electron chi connectivity index (χ3n) is 3.98. The fourth-order valence-corrected chi connectivity index (χ4v) is 2.81. The second kappa shape index (κ2) is 8.85. The fraction of sp³-hybridized carbons (Fsp3) is 0.182. The Morgan fingerprint density at radius 1 is 0.926 bits per heavy atom. The Morgan fingerprint density at radius 2 is 1.63 bits per heavy atom. The number of aryl methyl sites for hydroxylation is 1. The largest absolute Gasteiger partial charge is 0.385 e. The number of carbonyl (C=O) groups is 1. The SMILES string of the molecule is CCNc1cc(C)nc(Nc2ccc(NC(=O)Cc3ccccc3)cc2)c1. The van der Waals surface area contributed by atoms with E-state index in [1.807, 2.05) is 73.7 Å². The van der Waals surface area contributed by atoms with Crippen LogP contribution in [0.3, 0.4) is 0 Å². The van der Waals surface area contributed by atoms with Crippen LogP contribution >= 0.6 is 0 Å². The first-order valence-corrected chi connectivity index (χ1v) is 9.06. The molecular weight excluding hydrogens is 336 g/mol. The van der Waals surface area contributed by atoms with Crippen LogP contribution in [0.4, 0.5) is 22.9 Å². The van der Waals surface area contributed by atoms with E-state index in [1.54, 1.807) is 0 Å². The normalized spacial score (nSPS) is 10.3. The molecule has 3 rings (SSSR count). The Bertz CT molecular complexity index is 892. The maximum absolute atomic E-state index is 12.2. The summed E-state index contributed by atoms with van der Waals surface area (Å²) < 4.78 is 0. The summed E-state index contributed by atoms with van der Waals surface area (Å²) in [4.78, 5) is 16.7. The monoisotopic (exact) mass is 360 g/mol. The molecule has 1 heterocycles. The van der Waals surface area contributed by atoms with Gasteiger partial charge in [-0.1, -0.05) is 30.3 Å². The van der Waals surface area contributed by atoms with Gasteiger partial charge in [0.25, 0.3) is 0 Å². The molecule has 0 spiro atoms. The Hall–Kier alpha value is -3.34. The van der Waals surface area contributed by atoms with Gasteiger partial charge in [0, 0.05) is 35.4 Å². The molecule has 3 N–H and O–H groups in total. The number of nitrogens with one attached hydrogen (secondary N) is 3. The number of anilines is 4. The number of hydrogen-bond donors (Lipinski definition) is 3. The fourth-order valence-electron chi connectivity index (χ4n) is 2.81. The number of nitrogens with zero attached hydrogens (tertiary/aromatic N) is 1. The van der Waals surface area contributed by atoms with Crippen molar-refractivity contribution >= 4 is 28.8 Å². The Kier molecular flexibility index (Phi) is 6.05. The topological polar surface area (TPSA) is 66.1 Å². The standard InChI is InChI=1S/C22H24N4O/c1-3-23-20-13-16(2)24-21(15-20)25-18-9-11-19(12-10-18)26-22(27)14-17-7-5-4-6-8-17/h4-13,15H,3,14H2,1-2H3,(H,26,27)(H2,23,24,25). The van der Waals surface area contributed by atoms with Crippen LogP contribution < -0.4 is 16.0 Å². The van der Waals surface area contributed by atoms with Crippen LogP contribution in [0, 0.1) is 6.92 Å². The molecule has 5 heteroatoms. The Labute approximate surface area is 159 Å². The summed E-state index contributed by atoms with van der Waals surface area (Å²) in [5.41, 5.74) is 4.66. The minimum Gasteiger partial charge on any atom is -0.385 e. The van der Waals surface area contributed by atoms with Gasteiger partial charge in [-0.25, -0.2) is 4.98 Å². The van der Waals surface area contributed by atoms with Gasteiger partial charge in [0.2, 0.25) is 5.91 Å². The van der Waals surface area contributed by atoms with Crippen molar-refractivity contribution in [2.75, 3.05) is 22.5 Å². The third kappa shape index (κ3) is 5.57. The van der Waals surface area contributed by atoms with Crippen molar-refractivity contribution in [3.8, 4) is 0 Å². The highest BCUT2D eigenvalue weighted by molar-refractivity contribution is 5.92. The molecule has 0 unspecified atom stereocenters. The van der Waals surface area contributed by atoms with Gasteiger partial charge in [0.1, 0.15) is 5.82 Å². The van der Waals surface area contributed by atoms with Crippen LogP contribution in [0.25, 0.3) is 0 Å². The summed E-state index contributed by atoms with van der Waals surface area (Å²) in [7, 11) is 0. The van der Waals surface area contributed by atoms with Crippen molar-refractivity contribution in [1.29, 1.82) is 0 Å². The average molecular weight is 360 g/mol. The van der Waals surface area contributed by atoms with Crippen molar-refractivity contribution in [2.24, 2.45) is 0 Å². The number of amides is 1. The molecule has 138 valence electrons. The molecule has 5 nitrogen and oxygen atoms in total. The molecular formula is C22H24N4O. The van der Waals surface area contributed by atoms with Crippen LogP contribution in [-0.4, -0.2) is 17.4 Å². The van der Waals surface area contributed by atoms with Crippen LogP contribution in [-0.2, 0) is 11.2 Å².